The lowest BCUT2D eigenvalue weighted by atomic mass is 9.87. The summed E-state index contributed by atoms with van der Waals surface area (Å²) in [6.07, 6.45) is 5.55. The molecule has 194 valence electrons. The molecule has 36 heavy (non-hydrogen) atoms. The fourth-order valence-corrected chi connectivity index (χ4v) is 6.02. The summed E-state index contributed by atoms with van der Waals surface area (Å²) < 4.78 is 19.4. The molecule has 5 rings (SSSR count). The van der Waals surface area contributed by atoms with Crippen LogP contribution in [0.1, 0.15) is 55.1 Å². The Bertz CT molecular complexity index is 1200. The van der Waals surface area contributed by atoms with Crippen LogP contribution in [-0.4, -0.2) is 67.1 Å². The van der Waals surface area contributed by atoms with E-state index in [4.69, 9.17) is 14.2 Å². The maximum Gasteiger partial charge on any atom is 0.341 e. The molecule has 1 spiro atoms. The van der Waals surface area contributed by atoms with E-state index in [9.17, 15) is 14.7 Å². The van der Waals surface area contributed by atoms with Crippen molar-refractivity contribution in [2.75, 3.05) is 46.6 Å². The highest BCUT2D eigenvalue weighted by Crippen LogP contribution is 2.43. The Kier molecular flexibility index (Phi) is 6.83. The number of carboxylic acid groups (broad SMARTS) is 1. The molecule has 8 nitrogen and oxygen atoms in total. The molecule has 1 aromatic carbocycles. The lowest BCUT2D eigenvalue weighted by molar-refractivity contribution is 0.0694. The van der Waals surface area contributed by atoms with Crippen molar-refractivity contribution in [2.45, 2.75) is 45.6 Å². The Morgan fingerprint density at radius 3 is 2.78 bits per heavy atom. The number of likely N-dealkylation sites (tertiary alicyclic amines) is 1. The van der Waals surface area contributed by atoms with Crippen LogP contribution >= 0.6 is 0 Å². The lowest BCUT2D eigenvalue weighted by Gasteiger charge is -2.33. The first-order valence-corrected chi connectivity index (χ1v) is 12.9. The van der Waals surface area contributed by atoms with Crippen molar-refractivity contribution in [1.82, 2.24) is 9.47 Å². The minimum atomic E-state index is -1.20. The minimum absolute atomic E-state index is 0.0366. The van der Waals surface area contributed by atoms with Crippen LogP contribution in [0.15, 0.2) is 29.2 Å². The fourth-order valence-electron chi connectivity index (χ4n) is 6.02. The van der Waals surface area contributed by atoms with Crippen LogP contribution in [0.5, 0.6) is 11.5 Å². The second kappa shape index (κ2) is 9.90. The van der Waals surface area contributed by atoms with Crippen molar-refractivity contribution < 1.29 is 24.1 Å². The fraction of sp³-hybridized carbons (Fsp3) is 0.571. The number of carbonyl (C=O) groups is 1. The zero-order valence-electron chi connectivity index (χ0n) is 21.4. The number of carboxylic acids is 1. The summed E-state index contributed by atoms with van der Waals surface area (Å²) in [7, 11) is 1.61. The van der Waals surface area contributed by atoms with Gasteiger partial charge in [-0.1, -0.05) is 13.8 Å². The third-order valence-electron chi connectivity index (χ3n) is 8.11. The van der Waals surface area contributed by atoms with Gasteiger partial charge in [0.15, 0.2) is 16.9 Å². The van der Waals surface area contributed by atoms with E-state index >= 15 is 0 Å². The van der Waals surface area contributed by atoms with Gasteiger partial charge in [0.05, 0.1) is 26.0 Å². The molecule has 1 aromatic heterocycles. The molecule has 0 radical (unpaired) electrons. The van der Waals surface area contributed by atoms with Crippen molar-refractivity contribution in [1.29, 1.82) is 0 Å². The first-order valence-electron chi connectivity index (χ1n) is 12.9. The molecule has 0 aliphatic carbocycles. The molecule has 0 bridgehead atoms. The molecule has 0 amide bonds. The molecular formula is C28H36N2O6. The van der Waals surface area contributed by atoms with Crippen molar-refractivity contribution in [2.24, 2.45) is 11.3 Å². The Labute approximate surface area is 211 Å². The topological polar surface area (TPSA) is 90.2 Å². The normalized spacial score (nSPS) is 23.2. The van der Waals surface area contributed by atoms with Gasteiger partial charge < -0.3 is 28.8 Å². The first-order chi connectivity index (χ1) is 17.3. The van der Waals surface area contributed by atoms with Crippen molar-refractivity contribution in [3.05, 3.63) is 45.7 Å². The van der Waals surface area contributed by atoms with Crippen LogP contribution in [0, 0.1) is 11.3 Å². The molecule has 2 atom stereocenters. The number of hydrogen-bond acceptors (Lipinski definition) is 6. The second-order valence-corrected chi connectivity index (χ2v) is 10.9. The number of aromatic nitrogens is 1. The summed E-state index contributed by atoms with van der Waals surface area (Å²) in [6, 6.07) is 5.42. The molecule has 3 aliphatic heterocycles. The van der Waals surface area contributed by atoms with E-state index in [2.05, 4.69) is 18.7 Å². The maximum absolute atomic E-state index is 12.5. The van der Waals surface area contributed by atoms with Gasteiger partial charge in [-0.25, -0.2) is 4.79 Å². The van der Waals surface area contributed by atoms with E-state index in [0.717, 1.165) is 56.8 Å². The first kappa shape index (κ1) is 24.8. The van der Waals surface area contributed by atoms with Gasteiger partial charge in [-0.15, -0.1) is 0 Å². The van der Waals surface area contributed by atoms with Gasteiger partial charge in [0, 0.05) is 49.0 Å². The summed E-state index contributed by atoms with van der Waals surface area (Å²) in [5, 5.41) is 9.47. The van der Waals surface area contributed by atoms with Crippen LogP contribution in [0.2, 0.25) is 0 Å². The van der Waals surface area contributed by atoms with E-state index < -0.39 is 11.4 Å². The summed E-state index contributed by atoms with van der Waals surface area (Å²) in [6.45, 7) is 9.87. The SMILES string of the molecule is COc1cc2c(cc1OCCCN1CCC3(CCOC3)C1)CC(C(C)C)n1cc(C(=O)O)c(=O)cc1-2. The summed E-state index contributed by atoms with van der Waals surface area (Å²) in [5.41, 5.74) is 2.36. The quantitative estimate of drug-likeness (QED) is 0.555. The summed E-state index contributed by atoms with van der Waals surface area (Å²) in [4.78, 5) is 26.7. The van der Waals surface area contributed by atoms with Crippen LogP contribution in [0.3, 0.4) is 0 Å². The predicted molar refractivity (Wildman–Crippen MR) is 136 cm³/mol. The molecule has 4 heterocycles. The highest BCUT2D eigenvalue weighted by molar-refractivity contribution is 5.88. The Balaban J connectivity index is 1.33. The molecule has 2 unspecified atom stereocenters. The number of benzene rings is 1. The lowest BCUT2D eigenvalue weighted by Crippen LogP contribution is -2.29. The summed E-state index contributed by atoms with van der Waals surface area (Å²) in [5.74, 6) is 0.368. The Hall–Kier alpha value is -2.84. The average molecular weight is 497 g/mol. The van der Waals surface area contributed by atoms with Gasteiger partial charge in [-0.2, -0.15) is 0 Å². The van der Waals surface area contributed by atoms with Gasteiger partial charge in [0.1, 0.15) is 5.56 Å². The van der Waals surface area contributed by atoms with Crippen LogP contribution in [-0.2, 0) is 11.2 Å². The zero-order chi connectivity index (χ0) is 25.4. The predicted octanol–water partition coefficient (Wildman–Crippen LogP) is 3.86. The third-order valence-corrected chi connectivity index (χ3v) is 8.11. The number of rotatable bonds is 8. The number of hydrogen-bond donors (Lipinski definition) is 1. The molecular weight excluding hydrogens is 460 g/mol. The zero-order valence-corrected chi connectivity index (χ0v) is 21.4. The van der Waals surface area contributed by atoms with Crippen LogP contribution in [0.25, 0.3) is 11.3 Å². The highest BCUT2D eigenvalue weighted by Gasteiger charge is 2.40. The molecule has 2 fully saturated rings. The number of fused-ring (bicyclic) bond motifs is 3. The number of methoxy groups -OCH3 is 1. The van der Waals surface area contributed by atoms with Gasteiger partial charge in [0.2, 0.25) is 0 Å². The summed E-state index contributed by atoms with van der Waals surface area (Å²) >= 11 is 0. The number of nitrogens with zero attached hydrogens (tertiary/aromatic N) is 2. The maximum atomic E-state index is 12.5. The molecule has 1 N–H and O–H groups in total. The van der Waals surface area contributed by atoms with Crippen molar-refractivity contribution in [3.8, 4) is 22.8 Å². The number of pyridine rings is 1. The van der Waals surface area contributed by atoms with Crippen LogP contribution in [0.4, 0.5) is 0 Å². The van der Waals surface area contributed by atoms with Crippen molar-refractivity contribution >= 4 is 5.97 Å². The second-order valence-electron chi connectivity index (χ2n) is 10.9. The molecule has 2 saturated heterocycles. The minimum Gasteiger partial charge on any atom is -0.493 e. The monoisotopic (exact) mass is 496 g/mol. The smallest absolute Gasteiger partial charge is 0.341 e. The van der Waals surface area contributed by atoms with E-state index in [1.54, 1.807) is 7.11 Å². The molecule has 3 aliphatic rings. The van der Waals surface area contributed by atoms with Crippen LogP contribution < -0.4 is 14.9 Å². The van der Waals surface area contributed by atoms with Gasteiger partial charge in [-0.3, -0.25) is 4.79 Å². The van der Waals surface area contributed by atoms with E-state index in [1.165, 1.54) is 25.1 Å². The molecule has 2 aromatic rings. The standard InChI is InChI=1S/C28H36N2O6/c1-18(2)22-11-19-12-26(36-9-4-7-29-8-5-28(16-29)6-10-35-17-28)25(34-3)13-20(19)23-14-24(31)21(27(32)33)15-30(22)23/h12-15,18,22H,4-11,16-17H2,1-3H3,(H,32,33). The molecule has 0 saturated carbocycles. The largest absolute Gasteiger partial charge is 0.493 e. The van der Waals surface area contributed by atoms with Gasteiger partial charge in [-0.05, 0) is 55.8 Å². The van der Waals surface area contributed by atoms with E-state index in [1.807, 2.05) is 16.7 Å². The van der Waals surface area contributed by atoms with E-state index in [0.29, 0.717) is 29.2 Å². The Morgan fingerprint density at radius 2 is 2.08 bits per heavy atom. The molecule has 8 heteroatoms. The van der Waals surface area contributed by atoms with Gasteiger partial charge >= 0.3 is 5.97 Å². The number of ether oxygens (including phenoxy) is 3. The van der Waals surface area contributed by atoms with E-state index in [-0.39, 0.29) is 17.5 Å². The number of aromatic carboxylic acids is 1. The van der Waals surface area contributed by atoms with Crippen molar-refractivity contribution in [3.63, 3.8) is 0 Å². The Morgan fingerprint density at radius 1 is 1.25 bits per heavy atom. The van der Waals surface area contributed by atoms with Gasteiger partial charge in [0.25, 0.3) is 0 Å². The third kappa shape index (κ3) is 4.64. The average Bonchev–Trinajstić information content (AvgIpc) is 3.49. The highest BCUT2D eigenvalue weighted by atomic mass is 16.5.